The number of benzene rings is 3. The van der Waals surface area contributed by atoms with Gasteiger partial charge in [-0.3, -0.25) is 0 Å². The summed E-state index contributed by atoms with van der Waals surface area (Å²) in [5.74, 6) is 0. The van der Waals surface area contributed by atoms with Crippen LogP contribution in [0.2, 0.25) is 0 Å². The van der Waals surface area contributed by atoms with E-state index in [0.717, 1.165) is 27.3 Å². The van der Waals surface area contributed by atoms with E-state index in [1.54, 1.807) is 0 Å². The molecule has 0 radical (unpaired) electrons. The molecular weight excluding hydrogens is 371 g/mol. The first kappa shape index (κ1) is 19.2. The van der Waals surface area contributed by atoms with Gasteiger partial charge in [-0.15, -0.1) is 5.73 Å². The first-order valence-electron chi connectivity index (χ1n) is 9.64. The molecule has 3 aromatic carbocycles. The van der Waals surface area contributed by atoms with Crippen LogP contribution in [0.3, 0.4) is 0 Å². The number of allylic oxidation sites excluding steroid dienone is 3. The molecule has 0 amide bonds. The predicted molar refractivity (Wildman–Crippen MR) is 124 cm³/mol. The highest BCUT2D eigenvalue weighted by Gasteiger charge is 2.39. The number of rotatable bonds is 4. The fraction of sp³-hybridized carbons (Fsp3) is 0.0741. The van der Waals surface area contributed by atoms with Crippen LogP contribution < -0.4 is 0 Å². The van der Waals surface area contributed by atoms with Crippen LogP contribution in [0.1, 0.15) is 16.7 Å². The minimum absolute atomic E-state index is 0.566. The Labute approximate surface area is 172 Å². The zero-order valence-corrected chi connectivity index (χ0v) is 17.3. The van der Waals surface area contributed by atoms with Crippen molar-refractivity contribution in [3.05, 3.63) is 138 Å². The molecule has 1 aliphatic heterocycles. The normalized spacial score (nSPS) is 23.5. The first-order chi connectivity index (χ1) is 14.1. The summed E-state index contributed by atoms with van der Waals surface area (Å²) in [7, 11) is -2.82. The van der Waals surface area contributed by atoms with E-state index in [0.29, 0.717) is 0 Å². The Balaban J connectivity index is 2.07. The third-order valence-corrected chi connectivity index (χ3v) is 8.04. The number of hydrogen-bond donors (Lipinski definition) is 0. The first-order valence-corrected chi connectivity index (χ1v) is 11.8. The average Bonchev–Trinajstić information content (AvgIpc) is 2.77. The summed E-state index contributed by atoms with van der Waals surface area (Å²) in [6.07, 6.45) is 6.22. The Bertz CT molecular complexity index is 1100. The fourth-order valence-electron chi connectivity index (χ4n) is 3.98. The van der Waals surface area contributed by atoms with E-state index >= 15 is 0 Å². The maximum absolute atomic E-state index is 14.2. The second-order valence-corrected chi connectivity index (χ2v) is 10.2. The standard InChI is InChI=1S/C27H23OP/c1-3-19-27(24-17-11-6-12-18-24)20-25(22-13-7-4-8-14-22)29(2,28)26(21-27)23-15-9-5-10-16-23/h4-21H,1H2,2H3. The number of hydrogen-bond acceptors (Lipinski definition) is 1. The lowest BCUT2D eigenvalue weighted by atomic mass is 9.78. The molecule has 0 aromatic heterocycles. The molecule has 0 unspecified atom stereocenters. The van der Waals surface area contributed by atoms with Crippen LogP contribution in [0.15, 0.2) is 122 Å². The highest BCUT2D eigenvalue weighted by molar-refractivity contribution is 7.83. The van der Waals surface area contributed by atoms with Gasteiger partial charge < -0.3 is 4.57 Å². The van der Waals surface area contributed by atoms with Crippen molar-refractivity contribution in [2.24, 2.45) is 0 Å². The third-order valence-electron chi connectivity index (χ3n) is 5.42. The van der Waals surface area contributed by atoms with Crippen LogP contribution in [-0.2, 0) is 9.98 Å². The molecule has 0 aliphatic carbocycles. The molecule has 4 rings (SSSR count). The molecule has 0 fully saturated rings. The van der Waals surface area contributed by atoms with Crippen LogP contribution in [0.4, 0.5) is 0 Å². The fourth-order valence-corrected chi connectivity index (χ4v) is 6.44. The summed E-state index contributed by atoms with van der Waals surface area (Å²) in [5.41, 5.74) is 5.49. The van der Waals surface area contributed by atoms with Gasteiger partial charge in [0.05, 0.1) is 5.41 Å². The largest absolute Gasteiger partial charge is 0.314 e. The molecule has 0 bridgehead atoms. The Morgan fingerprint density at radius 1 is 0.759 bits per heavy atom. The molecule has 29 heavy (non-hydrogen) atoms. The van der Waals surface area contributed by atoms with Crippen molar-refractivity contribution in [2.75, 3.05) is 6.66 Å². The van der Waals surface area contributed by atoms with Crippen molar-refractivity contribution >= 4 is 17.8 Å². The minimum atomic E-state index is -2.82. The van der Waals surface area contributed by atoms with Gasteiger partial charge in [0.25, 0.3) is 0 Å². The zero-order chi connectivity index (χ0) is 20.3. The molecule has 3 aromatic rings. The second-order valence-electron chi connectivity index (χ2n) is 7.36. The predicted octanol–water partition coefficient (Wildman–Crippen LogP) is 7.35. The quantitative estimate of drug-likeness (QED) is 0.334. The van der Waals surface area contributed by atoms with Crippen molar-refractivity contribution in [3.8, 4) is 0 Å². The molecule has 0 N–H and O–H groups in total. The summed E-state index contributed by atoms with van der Waals surface area (Å²) < 4.78 is 14.2. The Morgan fingerprint density at radius 3 is 1.59 bits per heavy atom. The van der Waals surface area contributed by atoms with E-state index < -0.39 is 12.6 Å². The summed E-state index contributed by atoms with van der Waals surface area (Å²) in [6.45, 7) is 5.72. The van der Waals surface area contributed by atoms with Gasteiger partial charge in [-0.1, -0.05) is 110 Å². The molecular formula is C27H23OP. The van der Waals surface area contributed by atoms with Gasteiger partial charge in [0, 0.05) is 10.6 Å². The lowest BCUT2D eigenvalue weighted by molar-refractivity contribution is 0.590. The minimum Gasteiger partial charge on any atom is -0.314 e. The van der Waals surface area contributed by atoms with Gasteiger partial charge in [0.1, 0.15) is 7.14 Å². The second kappa shape index (κ2) is 7.72. The summed E-state index contributed by atoms with van der Waals surface area (Å²) in [5, 5.41) is 1.74. The highest BCUT2D eigenvalue weighted by Crippen LogP contribution is 2.69. The Kier molecular flexibility index (Phi) is 5.12. The average molecular weight is 394 g/mol. The topological polar surface area (TPSA) is 17.1 Å². The van der Waals surface area contributed by atoms with Gasteiger partial charge in [0.15, 0.2) is 0 Å². The Hall–Kier alpha value is -3.11. The van der Waals surface area contributed by atoms with Crippen molar-refractivity contribution in [3.63, 3.8) is 0 Å². The smallest absolute Gasteiger partial charge is 0.141 e. The van der Waals surface area contributed by atoms with Crippen LogP contribution >= 0.6 is 7.14 Å². The van der Waals surface area contributed by atoms with Crippen molar-refractivity contribution in [2.45, 2.75) is 5.41 Å². The van der Waals surface area contributed by atoms with Gasteiger partial charge >= 0.3 is 0 Å². The molecule has 1 aliphatic rings. The molecule has 0 saturated heterocycles. The molecule has 0 atom stereocenters. The molecule has 0 spiro atoms. The molecule has 1 heterocycles. The van der Waals surface area contributed by atoms with E-state index in [-0.39, 0.29) is 0 Å². The van der Waals surface area contributed by atoms with Crippen LogP contribution in [-0.4, -0.2) is 6.66 Å². The van der Waals surface area contributed by atoms with Crippen LogP contribution in [0, 0.1) is 0 Å². The van der Waals surface area contributed by atoms with Gasteiger partial charge in [-0.2, -0.15) is 0 Å². The molecule has 1 nitrogen and oxygen atoms in total. The van der Waals surface area contributed by atoms with Gasteiger partial charge in [-0.05, 0) is 29.4 Å². The van der Waals surface area contributed by atoms with Crippen molar-refractivity contribution in [1.29, 1.82) is 0 Å². The lowest BCUT2D eigenvalue weighted by Crippen LogP contribution is -2.21. The highest BCUT2D eigenvalue weighted by atomic mass is 31.2. The van der Waals surface area contributed by atoms with E-state index in [2.05, 4.69) is 36.6 Å². The molecule has 2 heteroatoms. The zero-order valence-electron chi connectivity index (χ0n) is 16.5. The lowest BCUT2D eigenvalue weighted by Gasteiger charge is -2.35. The van der Waals surface area contributed by atoms with E-state index in [1.807, 2.05) is 91.6 Å². The summed E-state index contributed by atoms with van der Waals surface area (Å²) in [6, 6.07) is 30.3. The van der Waals surface area contributed by atoms with Crippen LogP contribution in [0.25, 0.3) is 10.6 Å². The Morgan fingerprint density at radius 2 is 1.17 bits per heavy atom. The molecule has 0 saturated carbocycles. The summed E-state index contributed by atoms with van der Waals surface area (Å²) in [4.78, 5) is 0. The van der Waals surface area contributed by atoms with Crippen molar-refractivity contribution < 1.29 is 4.57 Å². The summed E-state index contributed by atoms with van der Waals surface area (Å²) >= 11 is 0. The maximum atomic E-state index is 14.2. The van der Waals surface area contributed by atoms with E-state index in [1.165, 1.54) is 0 Å². The SMILES string of the molecule is C=C=CC1(c2ccccc2)C=C(c2ccccc2)P(C)(=O)C(c2ccccc2)=C1. The maximum Gasteiger partial charge on any atom is 0.141 e. The molecule has 142 valence electrons. The van der Waals surface area contributed by atoms with Gasteiger partial charge in [-0.25, -0.2) is 0 Å². The van der Waals surface area contributed by atoms with Gasteiger partial charge in [0.2, 0.25) is 0 Å². The van der Waals surface area contributed by atoms with E-state index in [4.69, 9.17) is 0 Å². The third kappa shape index (κ3) is 3.52. The van der Waals surface area contributed by atoms with Crippen LogP contribution in [0.5, 0.6) is 0 Å². The van der Waals surface area contributed by atoms with Crippen molar-refractivity contribution in [1.82, 2.24) is 0 Å². The van der Waals surface area contributed by atoms with E-state index in [9.17, 15) is 4.57 Å². The monoisotopic (exact) mass is 394 g/mol.